The number of nitrogens with zero attached hydrogens (tertiary/aromatic N) is 3. The SMILES string of the molecule is CCOc1cc(/C=C2\C(=N)N3N=C(S(=O)(=O)CC)SC3=NC2=O)cc(Cl)c1OC(=O)c1ccco1. The molecule has 0 fully saturated rings. The van der Waals surface area contributed by atoms with Gasteiger partial charge in [0.2, 0.25) is 25.1 Å². The Kier molecular flexibility index (Phi) is 6.83. The fourth-order valence-corrected chi connectivity index (χ4v) is 5.38. The van der Waals surface area contributed by atoms with Crippen molar-refractivity contribution in [1.29, 1.82) is 5.41 Å². The average molecular weight is 537 g/mol. The van der Waals surface area contributed by atoms with Crippen LogP contribution in [0.1, 0.15) is 30.0 Å². The summed E-state index contributed by atoms with van der Waals surface area (Å²) >= 11 is 7.07. The number of nitrogens with one attached hydrogen (secondary N) is 1. The second-order valence-corrected chi connectivity index (χ2v) is 10.7. The zero-order valence-electron chi connectivity index (χ0n) is 18.3. The van der Waals surface area contributed by atoms with Gasteiger partial charge in [-0.1, -0.05) is 18.5 Å². The molecule has 1 aromatic heterocycles. The Labute approximate surface area is 208 Å². The Morgan fingerprint density at radius 1 is 1.34 bits per heavy atom. The standard InChI is InChI=1S/C21H17ClN4O7S2/c1-3-31-15-10-11(9-13(22)16(15)33-19(28)14-6-5-7-32-14)8-12-17(23)26-20(24-18(12)27)34-21(25-26)35(29,30)4-2/h5-10,23H,3-4H2,1-2H3/b12-8+,23-17?. The third kappa shape index (κ3) is 4.88. The highest BCUT2D eigenvalue weighted by Gasteiger charge is 2.39. The van der Waals surface area contributed by atoms with Crippen LogP contribution in [0.2, 0.25) is 5.02 Å². The Hall–Kier alpha value is -3.42. The van der Waals surface area contributed by atoms with Crippen LogP contribution in [0.4, 0.5) is 0 Å². The number of hydrogen-bond acceptors (Lipinski definition) is 10. The van der Waals surface area contributed by atoms with Crippen LogP contribution in [0, 0.1) is 5.41 Å². The molecule has 0 atom stereocenters. The van der Waals surface area contributed by atoms with Crippen molar-refractivity contribution < 1.29 is 31.9 Å². The number of carbonyl (C=O) groups excluding carboxylic acids is 2. The van der Waals surface area contributed by atoms with Crippen LogP contribution in [-0.4, -0.2) is 53.0 Å². The van der Waals surface area contributed by atoms with E-state index >= 15 is 0 Å². The maximum atomic E-state index is 12.6. The van der Waals surface area contributed by atoms with Crippen molar-refractivity contribution in [3.63, 3.8) is 0 Å². The number of sulfone groups is 1. The van der Waals surface area contributed by atoms with Crippen LogP contribution in [0.25, 0.3) is 6.08 Å². The van der Waals surface area contributed by atoms with E-state index in [9.17, 15) is 18.0 Å². The number of ether oxygens (including phenoxy) is 2. The lowest BCUT2D eigenvalue weighted by atomic mass is 10.1. The summed E-state index contributed by atoms with van der Waals surface area (Å²) in [6.45, 7) is 3.41. The molecule has 0 bridgehead atoms. The molecule has 35 heavy (non-hydrogen) atoms. The van der Waals surface area contributed by atoms with E-state index < -0.39 is 21.7 Å². The van der Waals surface area contributed by atoms with Gasteiger partial charge in [0.05, 0.1) is 29.2 Å². The number of hydrazone groups is 1. The molecule has 0 radical (unpaired) electrons. The maximum Gasteiger partial charge on any atom is 0.379 e. The Morgan fingerprint density at radius 2 is 2.11 bits per heavy atom. The summed E-state index contributed by atoms with van der Waals surface area (Å²) in [4.78, 5) is 28.8. The number of amidine groups is 2. The number of benzene rings is 1. The normalized spacial score (nSPS) is 16.8. The third-order valence-electron chi connectivity index (χ3n) is 4.64. The highest BCUT2D eigenvalue weighted by molar-refractivity contribution is 8.42. The number of furan rings is 1. The van der Waals surface area contributed by atoms with E-state index in [4.69, 9.17) is 30.9 Å². The van der Waals surface area contributed by atoms with Crippen LogP contribution in [0.5, 0.6) is 11.5 Å². The van der Waals surface area contributed by atoms with Gasteiger partial charge in [-0.3, -0.25) is 10.2 Å². The third-order valence-corrected chi connectivity index (χ3v) is 8.01. The summed E-state index contributed by atoms with van der Waals surface area (Å²) < 4.78 is 40.0. The molecule has 2 aliphatic heterocycles. The van der Waals surface area contributed by atoms with Gasteiger partial charge in [0.1, 0.15) is 0 Å². The zero-order chi connectivity index (χ0) is 25.3. The molecular formula is C21H17ClN4O7S2. The molecule has 0 saturated carbocycles. The number of carbonyl (C=O) groups is 2. The smallest absolute Gasteiger partial charge is 0.379 e. The average Bonchev–Trinajstić information content (AvgIpc) is 3.50. The first-order valence-corrected chi connectivity index (χ1v) is 12.9. The first-order valence-electron chi connectivity index (χ1n) is 10.1. The molecular weight excluding hydrogens is 520 g/mol. The van der Waals surface area contributed by atoms with E-state index in [0.29, 0.717) is 17.3 Å². The van der Waals surface area contributed by atoms with Gasteiger partial charge in [-0.2, -0.15) is 10.0 Å². The minimum atomic E-state index is -3.64. The van der Waals surface area contributed by atoms with Crippen LogP contribution >= 0.6 is 23.4 Å². The van der Waals surface area contributed by atoms with Gasteiger partial charge in [-0.25, -0.2) is 13.2 Å². The molecule has 0 saturated heterocycles. The van der Waals surface area contributed by atoms with E-state index in [1.807, 2.05) is 0 Å². The van der Waals surface area contributed by atoms with Crippen molar-refractivity contribution in [2.75, 3.05) is 12.4 Å². The van der Waals surface area contributed by atoms with Gasteiger partial charge < -0.3 is 13.9 Å². The number of rotatable bonds is 6. The first-order chi connectivity index (χ1) is 16.6. The summed E-state index contributed by atoms with van der Waals surface area (Å²) in [5, 5.41) is 13.3. The summed E-state index contributed by atoms with van der Waals surface area (Å²) in [5.41, 5.74) is 0.201. The Bertz CT molecular complexity index is 1430. The fourth-order valence-electron chi connectivity index (χ4n) is 2.96. The van der Waals surface area contributed by atoms with Gasteiger partial charge in [0, 0.05) is 0 Å². The molecule has 1 aromatic carbocycles. The number of esters is 1. The fraction of sp³-hybridized carbons (Fsp3) is 0.190. The Balaban J connectivity index is 1.68. The van der Waals surface area contributed by atoms with Crippen molar-refractivity contribution in [1.82, 2.24) is 5.01 Å². The molecule has 182 valence electrons. The number of halogens is 1. The Morgan fingerprint density at radius 3 is 2.77 bits per heavy atom. The highest BCUT2D eigenvalue weighted by atomic mass is 35.5. The van der Waals surface area contributed by atoms with E-state index in [1.54, 1.807) is 6.92 Å². The second-order valence-electron chi connectivity index (χ2n) is 6.92. The van der Waals surface area contributed by atoms with E-state index in [0.717, 1.165) is 5.01 Å². The minimum absolute atomic E-state index is 0.00718. The molecule has 2 aromatic rings. The van der Waals surface area contributed by atoms with Gasteiger partial charge in [-0.15, -0.1) is 5.10 Å². The molecule has 14 heteroatoms. The first kappa shape index (κ1) is 24.7. The summed E-state index contributed by atoms with van der Waals surface area (Å²) in [6.07, 6.45) is 2.66. The lowest BCUT2D eigenvalue weighted by Gasteiger charge is -2.20. The largest absolute Gasteiger partial charge is 0.490 e. The van der Waals surface area contributed by atoms with Crippen molar-refractivity contribution in [3.05, 3.63) is 52.4 Å². The molecule has 11 nitrogen and oxygen atoms in total. The zero-order valence-corrected chi connectivity index (χ0v) is 20.7. The number of amides is 1. The predicted molar refractivity (Wildman–Crippen MR) is 131 cm³/mol. The predicted octanol–water partition coefficient (Wildman–Crippen LogP) is 3.56. The van der Waals surface area contributed by atoms with Crippen molar-refractivity contribution in [2.45, 2.75) is 13.8 Å². The highest BCUT2D eigenvalue weighted by Crippen LogP contribution is 2.38. The van der Waals surface area contributed by atoms with E-state index in [2.05, 4.69) is 10.1 Å². The van der Waals surface area contributed by atoms with Crippen LogP contribution in [-0.2, 0) is 14.6 Å². The van der Waals surface area contributed by atoms with Crippen molar-refractivity contribution in [3.8, 4) is 11.5 Å². The van der Waals surface area contributed by atoms with Crippen LogP contribution < -0.4 is 9.47 Å². The monoisotopic (exact) mass is 536 g/mol. The summed E-state index contributed by atoms with van der Waals surface area (Å²) in [5.74, 6) is -2.01. The molecule has 0 spiro atoms. The molecule has 3 heterocycles. The molecule has 4 rings (SSSR count). The maximum absolute atomic E-state index is 12.6. The van der Waals surface area contributed by atoms with Gasteiger partial charge in [0.25, 0.3) is 5.91 Å². The quantitative estimate of drug-likeness (QED) is 0.331. The molecule has 0 unspecified atom stereocenters. The van der Waals surface area contributed by atoms with Crippen LogP contribution in [0.15, 0.2) is 50.6 Å². The van der Waals surface area contributed by atoms with Gasteiger partial charge >= 0.3 is 5.97 Å². The minimum Gasteiger partial charge on any atom is -0.490 e. The molecule has 1 N–H and O–H groups in total. The van der Waals surface area contributed by atoms with E-state index in [-0.39, 0.29) is 55.6 Å². The topological polar surface area (TPSA) is 152 Å². The summed E-state index contributed by atoms with van der Waals surface area (Å²) in [6, 6.07) is 5.85. The van der Waals surface area contributed by atoms with Crippen molar-refractivity contribution >= 4 is 66.5 Å². The number of aliphatic imine (C=N–C) groups is 1. The number of thioether (sulfide) groups is 1. The number of fused-ring (bicyclic) bond motifs is 1. The van der Waals surface area contributed by atoms with Crippen LogP contribution in [0.3, 0.4) is 0 Å². The lowest BCUT2D eigenvalue weighted by molar-refractivity contribution is -0.114. The van der Waals surface area contributed by atoms with Crippen molar-refractivity contribution in [2.24, 2.45) is 10.1 Å². The number of hydrogen-bond donors (Lipinski definition) is 1. The molecule has 2 aliphatic rings. The second kappa shape index (κ2) is 9.68. The van der Waals surface area contributed by atoms with E-state index in [1.165, 1.54) is 43.5 Å². The lowest BCUT2D eigenvalue weighted by Crippen LogP contribution is -2.35. The molecule has 1 amide bonds. The summed E-state index contributed by atoms with van der Waals surface area (Å²) in [7, 11) is -3.64. The van der Waals surface area contributed by atoms with Gasteiger partial charge in [-0.05, 0) is 54.6 Å². The molecule has 0 aliphatic carbocycles. The van der Waals surface area contributed by atoms with Gasteiger partial charge in [0.15, 0.2) is 17.3 Å².